The van der Waals surface area contributed by atoms with Gasteiger partial charge in [0.05, 0.1) is 26.4 Å². The van der Waals surface area contributed by atoms with Crippen LogP contribution in [0.15, 0.2) is 29.4 Å². The molecule has 0 aromatic heterocycles. The second-order valence-corrected chi connectivity index (χ2v) is 5.19. The molecule has 1 N–H and O–H groups in total. The number of rotatable bonds is 5. The Morgan fingerprint density at radius 1 is 1.41 bits per heavy atom. The first-order valence-electron chi connectivity index (χ1n) is 6.97. The molecule has 8 heteroatoms. The third-order valence-corrected chi connectivity index (χ3v) is 3.85. The number of nitrogens with zero attached hydrogens (tertiary/aromatic N) is 3. The molecule has 118 valence electrons. The van der Waals surface area contributed by atoms with Crippen LogP contribution < -0.4 is 4.74 Å². The van der Waals surface area contributed by atoms with Gasteiger partial charge in [-0.1, -0.05) is 17.2 Å². The summed E-state index contributed by atoms with van der Waals surface area (Å²) in [5.41, 5.74) is 9.53. The van der Waals surface area contributed by atoms with Gasteiger partial charge < -0.3 is 24.1 Å². The summed E-state index contributed by atoms with van der Waals surface area (Å²) >= 11 is 0. The number of hydrogen-bond acceptors (Lipinski definition) is 6. The molecule has 2 bridgehead atoms. The van der Waals surface area contributed by atoms with Crippen molar-refractivity contribution in [2.45, 2.75) is 37.3 Å². The summed E-state index contributed by atoms with van der Waals surface area (Å²) in [4.78, 5) is 2.73. The first-order valence-corrected chi connectivity index (χ1v) is 6.97. The van der Waals surface area contributed by atoms with E-state index in [0.29, 0.717) is 13.2 Å². The molecule has 0 saturated carbocycles. The van der Waals surface area contributed by atoms with Crippen LogP contribution in [0.4, 0.5) is 0 Å². The Hall–Kier alpha value is -1.83. The Morgan fingerprint density at radius 2 is 2.18 bits per heavy atom. The summed E-state index contributed by atoms with van der Waals surface area (Å²) in [6.45, 7) is 0.617. The van der Waals surface area contributed by atoms with Gasteiger partial charge in [0.15, 0.2) is 6.29 Å². The van der Waals surface area contributed by atoms with Crippen LogP contribution >= 0.6 is 0 Å². The number of benzene rings is 1. The van der Waals surface area contributed by atoms with E-state index < -0.39 is 24.5 Å². The lowest BCUT2D eigenvalue weighted by atomic mass is 9.99. The van der Waals surface area contributed by atoms with Gasteiger partial charge >= 0.3 is 0 Å². The fraction of sp³-hybridized carbons (Fsp3) is 0.571. The van der Waals surface area contributed by atoms with Crippen LogP contribution in [0.3, 0.4) is 0 Å². The molecule has 2 aliphatic rings. The second kappa shape index (κ2) is 6.51. The van der Waals surface area contributed by atoms with E-state index in [9.17, 15) is 5.11 Å². The first kappa shape index (κ1) is 15.1. The monoisotopic (exact) mass is 307 g/mol. The maximum absolute atomic E-state index is 10.3. The Kier molecular flexibility index (Phi) is 4.47. The minimum Gasteiger partial charge on any atom is -0.497 e. The summed E-state index contributed by atoms with van der Waals surface area (Å²) in [7, 11) is 1.60. The van der Waals surface area contributed by atoms with Crippen LogP contribution in [-0.2, 0) is 20.8 Å². The summed E-state index contributed by atoms with van der Waals surface area (Å²) < 4.78 is 21.8. The normalized spacial score (nSPS) is 33.3. The van der Waals surface area contributed by atoms with Crippen molar-refractivity contribution >= 4 is 0 Å². The van der Waals surface area contributed by atoms with Gasteiger partial charge in [0.25, 0.3) is 0 Å². The third kappa shape index (κ3) is 2.87. The van der Waals surface area contributed by atoms with Gasteiger partial charge in [0, 0.05) is 4.91 Å². The largest absolute Gasteiger partial charge is 0.497 e. The van der Waals surface area contributed by atoms with Crippen LogP contribution in [-0.4, -0.2) is 49.5 Å². The van der Waals surface area contributed by atoms with Gasteiger partial charge in [0.1, 0.15) is 24.0 Å². The van der Waals surface area contributed by atoms with Crippen molar-refractivity contribution in [1.82, 2.24) is 0 Å². The van der Waals surface area contributed by atoms with E-state index in [1.54, 1.807) is 7.11 Å². The zero-order valence-corrected chi connectivity index (χ0v) is 12.0. The number of azide groups is 1. The summed E-state index contributed by atoms with van der Waals surface area (Å²) in [5, 5.41) is 13.9. The molecule has 2 aliphatic heterocycles. The van der Waals surface area contributed by atoms with E-state index in [1.165, 1.54) is 0 Å². The number of methoxy groups -OCH3 is 1. The third-order valence-electron chi connectivity index (χ3n) is 3.85. The van der Waals surface area contributed by atoms with Crippen LogP contribution in [0.25, 0.3) is 10.4 Å². The predicted molar refractivity (Wildman–Crippen MR) is 75.1 cm³/mol. The molecular weight excluding hydrogens is 290 g/mol. The Morgan fingerprint density at radius 3 is 2.86 bits per heavy atom. The molecule has 1 aromatic rings. The average molecular weight is 307 g/mol. The molecule has 5 atom stereocenters. The standard InChI is InChI=1S/C14H17N3O5/c1-19-9-4-2-8(3-5-9)6-20-13-10-7-21-14(22-10)11(12(13)18)16-17-15/h2-5,10-14,18H,6-7H2,1H3/t10-,11-,12-,13-,14-/m1/s1. The molecule has 0 spiro atoms. The molecule has 2 fully saturated rings. The van der Waals surface area contributed by atoms with Crippen molar-refractivity contribution in [3.05, 3.63) is 40.3 Å². The molecule has 22 heavy (non-hydrogen) atoms. The van der Waals surface area contributed by atoms with Crippen molar-refractivity contribution in [2.75, 3.05) is 13.7 Å². The lowest BCUT2D eigenvalue weighted by Crippen LogP contribution is -2.53. The van der Waals surface area contributed by atoms with E-state index >= 15 is 0 Å². The lowest BCUT2D eigenvalue weighted by molar-refractivity contribution is -0.195. The Bertz CT molecular complexity index is 560. The number of ether oxygens (including phenoxy) is 4. The highest BCUT2D eigenvalue weighted by Gasteiger charge is 2.50. The van der Waals surface area contributed by atoms with Crippen molar-refractivity contribution in [3.8, 4) is 5.75 Å². The van der Waals surface area contributed by atoms with Gasteiger partial charge in [-0.05, 0) is 23.2 Å². The number of fused-ring (bicyclic) bond motifs is 2. The lowest BCUT2D eigenvalue weighted by Gasteiger charge is -2.35. The number of aliphatic hydroxyl groups is 1. The zero-order valence-electron chi connectivity index (χ0n) is 12.0. The molecule has 1 aromatic carbocycles. The van der Waals surface area contributed by atoms with Gasteiger partial charge in [-0.25, -0.2) is 0 Å². The van der Waals surface area contributed by atoms with E-state index in [0.717, 1.165) is 11.3 Å². The molecule has 8 nitrogen and oxygen atoms in total. The quantitative estimate of drug-likeness (QED) is 0.502. The highest BCUT2D eigenvalue weighted by Crippen LogP contribution is 2.32. The fourth-order valence-electron chi connectivity index (χ4n) is 2.67. The van der Waals surface area contributed by atoms with Crippen molar-refractivity contribution < 1.29 is 24.1 Å². The van der Waals surface area contributed by atoms with Gasteiger partial charge in [-0.2, -0.15) is 0 Å². The minimum atomic E-state index is -0.958. The van der Waals surface area contributed by atoms with Crippen molar-refractivity contribution in [2.24, 2.45) is 5.11 Å². The van der Waals surface area contributed by atoms with Crippen molar-refractivity contribution in [3.63, 3.8) is 0 Å². The first-order chi connectivity index (χ1) is 10.7. The maximum atomic E-state index is 10.3. The van der Waals surface area contributed by atoms with Crippen LogP contribution in [0.5, 0.6) is 5.75 Å². The Balaban J connectivity index is 1.66. The zero-order chi connectivity index (χ0) is 15.5. The highest BCUT2D eigenvalue weighted by molar-refractivity contribution is 5.26. The summed E-state index contributed by atoms with van der Waals surface area (Å²) in [5.74, 6) is 0.764. The molecule has 0 radical (unpaired) electrons. The van der Waals surface area contributed by atoms with Crippen molar-refractivity contribution in [1.29, 1.82) is 0 Å². The topological polar surface area (TPSA) is 106 Å². The van der Waals surface area contributed by atoms with Gasteiger partial charge in [-0.3, -0.25) is 0 Å². The molecule has 0 amide bonds. The number of hydrogen-bond donors (Lipinski definition) is 1. The smallest absolute Gasteiger partial charge is 0.169 e. The number of aliphatic hydroxyl groups excluding tert-OH is 1. The fourth-order valence-corrected chi connectivity index (χ4v) is 2.67. The SMILES string of the molecule is COc1ccc(CO[C@H]2[C@H](O)[C@@H](N=[N+]=[N-])[C@@H]3OC[C@H]2O3)cc1. The minimum absolute atomic E-state index is 0.305. The van der Waals surface area contributed by atoms with Gasteiger partial charge in [0.2, 0.25) is 0 Å². The molecule has 2 saturated heterocycles. The second-order valence-electron chi connectivity index (χ2n) is 5.19. The maximum Gasteiger partial charge on any atom is 0.169 e. The van der Waals surface area contributed by atoms with E-state index in [4.69, 9.17) is 24.5 Å². The molecule has 0 aliphatic carbocycles. The summed E-state index contributed by atoms with van der Waals surface area (Å²) in [6.07, 6.45) is -2.61. The molecule has 3 rings (SSSR count). The molecular formula is C14H17N3O5. The van der Waals surface area contributed by atoms with Crippen LogP contribution in [0.2, 0.25) is 0 Å². The van der Waals surface area contributed by atoms with Crippen LogP contribution in [0.1, 0.15) is 5.56 Å². The van der Waals surface area contributed by atoms with E-state index in [1.807, 2.05) is 24.3 Å². The highest BCUT2D eigenvalue weighted by atomic mass is 16.7. The predicted octanol–water partition coefficient (Wildman–Crippen LogP) is 1.38. The Labute approximate surface area is 127 Å². The summed E-state index contributed by atoms with van der Waals surface area (Å²) in [6, 6.07) is 6.64. The van der Waals surface area contributed by atoms with Crippen LogP contribution in [0, 0.1) is 0 Å². The average Bonchev–Trinajstić information content (AvgIpc) is 2.98. The molecule has 2 heterocycles. The van der Waals surface area contributed by atoms with Gasteiger partial charge in [-0.15, -0.1) is 0 Å². The molecule has 0 unspecified atom stereocenters. The van der Waals surface area contributed by atoms with E-state index in [2.05, 4.69) is 10.0 Å². The van der Waals surface area contributed by atoms with E-state index in [-0.39, 0.29) is 6.10 Å².